The van der Waals surface area contributed by atoms with Crippen molar-refractivity contribution in [3.05, 3.63) is 47.0 Å². The summed E-state index contributed by atoms with van der Waals surface area (Å²) in [6.07, 6.45) is 2.34. The minimum Gasteiger partial charge on any atom is -0.330 e. The van der Waals surface area contributed by atoms with Crippen LogP contribution in [0.15, 0.2) is 18.2 Å². The number of rotatable bonds is 3. The Kier molecular flexibility index (Phi) is 3.48. The van der Waals surface area contributed by atoms with Crippen LogP contribution in [0, 0.1) is 17.6 Å². The van der Waals surface area contributed by atoms with Crippen LogP contribution in [0.2, 0.25) is 0 Å². The highest BCUT2D eigenvalue weighted by Gasteiger charge is 2.22. The first-order valence-electron chi connectivity index (χ1n) is 6.72. The molecule has 1 aliphatic rings. The molecule has 2 aromatic rings. The van der Waals surface area contributed by atoms with Crippen molar-refractivity contribution in [2.24, 2.45) is 11.7 Å². The molecule has 0 saturated heterocycles. The van der Waals surface area contributed by atoms with Gasteiger partial charge in [-0.15, -0.1) is 10.2 Å². The Morgan fingerprint density at radius 2 is 2.10 bits per heavy atom. The van der Waals surface area contributed by atoms with Crippen molar-refractivity contribution in [1.82, 2.24) is 14.8 Å². The topological polar surface area (TPSA) is 56.7 Å². The summed E-state index contributed by atoms with van der Waals surface area (Å²) in [4.78, 5) is 0. The van der Waals surface area contributed by atoms with E-state index in [0.29, 0.717) is 24.4 Å². The molecule has 0 fully saturated rings. The van der Waals surface area contributed by atoms with Gasteiger partial charge in [-0.05, 0) is 36.6 Å². The van der Waals surface area contributed by atoms with Gasteiger partial charge < -0.3 is 10.3 Å². The van der Waals surface area contributed by atoms with Crippen molar-refractivity contribution in [3.8, 4) is 0 Å². The molecule has 0 spiro atoms. The molecule has 0 amide bonds. The third-order valence-corrected chi connectivity index (χ3v) is 3.80. The van der Waals surface area contributed by atoms with Crippen LogP contribution in [0.1, 0.15) is 23.6 Å². The lowest BCUT2D eigenvalue weighted by Crippen LogP contribution is -2.27. The number of benzene rings is 1. The summed E-state index contributed by atoms with van der Waals surface area (Å²) in [7, 11) is 0. The van der Waals surface area contributed by atoms with Gasteiger partial charge in [0.1, 0.15) is 11.6 Å². The van der Waals surface area contributed by atoms with E-state index in [9.17, 15) is 8.78 Å². The smallest absolute Gasteiger partial charge is 0.159 e. The van der Waals surface area contributed by atoms with Gasteiger partial charge in [-0.3, -0.25) is 0 Å². The first kappa shape index (κ1) is 13.2. The maximum Gasteiger partial charge on any atom is 0.159 e. The monoisotopic (exact) mass is 278 g/mol. The largest absolute Gasteiger partial charge is 0.330 e. The second-order valence-corrected chi connectivity index (χ2v) is 5.21. The Labute approximate surface area is 115 Å². The van der Waals surface area contributed by atoms with E-state index in [-0.39, 0.29) is 0 Å². The number of nitrogens with two attached hydrogens (primary N) is 1. The van der Waals surface area contributed by atoms with Gasteiger partial charge in [0.15, 0.2) is 11.6 Å². The summed E-state index contributed by atoms with van der Waals surface area (Å²) in [6, 6.07) is 3.92. The van der Waals surface area contributed by atoms with Crippen LogP contribution in [0.25, 0.3) is 0 Å². The first-order valence-corrected chi connectivity index (χ1v) is 6.72. The van der Waals surface area contributed by atoms with Gasteiger partial charge in [-0.1, -0.05) is 6.07 Å². The number of fused-ring (bicyclic) bond motifs is 1. The van der Waals surface area contributed by atoms with E-state index >= 15 is 0 Å². The molecule has 6 heteroatoms. The molecule has 1 atom stereocenters. The average Bonchev–Trinajstić information content (AvgIpc) is 2.85. The Balaban J connectivity index is 1.85. The molecule has 1 aliphatic heterocycles. The summed E-state index contributed by atoms with van der Waals surface area (Å²) in [6.45, 7) is 1.44. The molecular formula is C14H16F2N4. The van der Waals surface area contributed by atoms with Crippen LogP contribution in [0.4, 0.5) is 8.78 Å². The number of hydrogen-bond donors (Lipinski definition) is 1. The highest BCUT2D eigenvalue weighted by Crippen LogP contribution is 2.21. The predicted octanol–water partition coefficient (Wildman–Crippen LogP) is 1.67. The highest BCUT2D eigenvalue weighted by atomic mass is 19.2. The third kappa shape index (κ3) is 2.43. The van der Waals surface area contributed by atoms with E-state index in [1.165, 1.54) is 6.07 Å². The molecule has 0 radical (unpaired) electrons. The lowest BCUT2D eigenvalue weighted by atomic mass is 9.99. The molecular weight excluding hydrogens is 262 g/mol. The summed E-state index contributed by atoms with van der Waals surface area (Å²) in [5, 5.41) is 8.34. The van der Waals surface area contributed by atoms with Gasteiger partial charge >= 0.3 is 0 Å². The maximum atomic E-state index is 13.2. The van der Waals surface area contributed by atoms with E-state index < -0.39 is 11.6 Å². The number of aromatic nitrogens is 3. The summed E-state index contributed by atoms with van der Waals surface area (Å²) in [5.74, 6) is 0.500. The SMILES string of the molecule is NCC1CCc2nnc(Cc3ccc(F)c(F)c3)n2C1. The van der Waals surface area contributed by atoms with Gasteiger partial charge in [-0.2, -0.15) is 0 Å². The fourth-order valence-corrected chi connectivity index (χ4v) is 2.61. The minimum atomic E-state index is -0.833. The molecule has 2 N–H and O–H groups in total. The molecule has 1 aromatic heterocycles. The van der Waals surface area contributed by atoms with Crippen LogP contribution in [-0.4, -0.2) is 21.3 Å². The molecule has 20 heavy (non-hydrogen) atoms. The van der Waals surface area contributed by atoms with E-state index in [1.807, 2.05) is 0 Å². The summed E-state index contributed by atoms with van der Waals surface area (Å²) >= 11 is 0. The quantitative estimate of drug-likeness (QED) is 0.929. The molecule has 0 saturated carbocycles. The molecule has 1 unspecified atom stereocenters. The van der Waals surface area contributed by atoms with Gasteiger partial charge in [0.2, 0.25) is 0 Å². The third-order valence-electron chi connectivity index (χ3n) is 3.80. The van der Waals surface area contributed by atoms with Crippen molar-refractivity contribution in [2.45, 2.75) is 25.8 Å². The standard InChI is InChI=1S/C14H16F2N4/c15-11-3-1-9(5-12(11)16)6-14-19-18-13-4-2-10(7-17)8-20(13)14/h1,3,5,10H,2,4,6-8,17H2. The van der Waals surface area contributed by atoms with Crippen molar-refractivity contribution >= 4 is 0 Å². The fraction of sp³-hybridized carbons (Fsp3) is 0.429. The van der Waals surface area contributed by atoms with Crippen LogP contribution in [-0.2, 0) is 19.4 Å². The predicted molar refractivity (Wildman–Crippen MR) is 70.1 cm³/mol. The molecule has 2 heterocycles. The van der Waals surface area contributed by atoms with Gasteiger partial charge in [0.05, 0.1) is 0 Å². The number of halogens is 2. The van der Waals surface area contributed by atoms with Crippen LogP contribution in [0.5, 0.6) is 0 Å². The molecule has 106 valence electrons. The van der Waals surface area contributed by atoms with E-state index in [4.69, 9.17) is 5.73 Å². The number of aryl methyl sites for hydroxylation is 1. The molecule has 0 bridgehead atoms. The second-order valence-electron chi connectivity index (χ2n) is 5.21. The Morgan fingerprint density at radius 3 is 2.85 bits per heavy atom. The lowest BCUT2D eigenvalue weighted by Gasteiger charge is -2.22. The van der Waals surface area contributed by atoms with E-state index in [2.05, 4.69) is 14.8 Å². The molecule has 3 rings (SSSR count). The maximum absolute atomic E-state index is 13.2. The second kappa shape index (κ2) is 5.28. The Bertz CT molecular complexity index is 624. The van der Waals surface area contributed by atoms with Crippen molar-refractivity contribution in [3.63, 3.8) is 0 Å². The first-order chi connectivity index (χ1) is 9.67. The molecule has 4 nitrogen and oxygen atoms in total. The molecule has 1 aromatic carbocycles. The zero-order valence-corrected chi connectivity index (χ0v) is 11.0. The zero-order valence-electron chi connectivity index (χ0n) is 11.0. The summed E-state index contributed by atoms with van der Waals surface area (Å²) in [5.41, 5.74) is 6.41. The van der Waals surface area contributed by atoms with Crippen molar-refractivity contribution in [1.29, 1.82) is 0 Å². The van der Waals surface area contributed by atoms with Crippen molar-refractivity contribution < 1.29 is 8.78 Å². The Morgan fingerprint density at radius 1 is 1.25 bits per heavy atom. The lowest BCUT2D eigenvalue weighted by molar-refractivity contribution is 0.368. The van der Waals surface area contributed by atoms with Crippen molar-refractivity contribution in [2.75, 3.05) is 6.54 Å². The number of nitrogens with zero attached hydrogens (tertiary/aromatic N) is 3. The fourth-order valence-electron chi connectivity index (χ4n) is 2.61. The van der Waals surface area contributed by atoms with Gasteiger partial charge in [-0.25, -0.2) is 8.78 Å². The highest BCUT2D eigenvalue weighted by molar-refractivity contribution is 5.21. The normalized spacial score (nSPS) is 18.1. The zero-order chi connectivity index (χ0) is 14.1. The van der Waals surface area contributed by atoms with E-state index in [1.54, 1.807) is 6.07 Å². The number of hydrogen-bond acceptors (Lipinski definition) is 3. The van der Waals surface area contributed by atoms with Gasteiger partial charge in [0.25, 0.3) is 0 Å². The van der Waals surface area contributed by atoms with Crippen LogP contribution in [0.3, 0.4) is 0 Å². The summed E-state index contributed by atoms with van der Waals surface area (Å²) < 4.78 is 28.2. The average molecular weight is 278 g/mol. The Hall–Kier alpha value is -1.82. The minimum absolute atomic E-state index is 0.433. The van der Waals surface area contributed by atoms with E-state index in [0.717, 1.165) is 37.1 Å². The van der Waals surface area contributed by atoms with Crippen LogP contribution < -0.4 is 5.73 Å². The molecule has 0 aliphatic carbocycles. The van der Waals surface area contributed by atoms with Gasteiger partial charge in [0, 0.05) is 19.4 Å². The van der Waals surface area contributed by atoms with Crippen LogP contribution >= 0.6 is 0 Å².